The molecule has 0 atom stereocenters. The van der Waals surface area contributed by atoms with Crippen LogP contribution in [-0.4, -0.2) is 18.1 Å². The minimum Gasteiger partial charge on any atom is -0.492 e. The van der Waals surface area contributed by atoms with Gasteiger partial charge in [-0.05, 0) is 31.2 Å². The van der Waals surface area contributed by atoms with Gasteiger partial charge in [-0.2, -0.15) is 0 Å². The Morgan fingerprint density at radius 2 is 1.96 bits per heavy atom. The molecule has 1 heterocycles. The molecule has 0 saturated carbocycles. The van der Waals surface area contributed by atoms with Gasteiger partial charge in [0.2, 0.25) is 5.89 Å². The van der Waals surface area contributed by atoms with Gasteiger partial charge in [-0.1, -0.05) is 24.8 Å². The van der Waals surface area contributed by atoms with Crippen LogP contribution in [0.1, 0.15) is 6.92 Å². The van der Waals surface area contributed by atoms with E-state index in [4.69, 9.17) is 13.9 Å². The van der Waals surface area contributed by atoms with Crippen molar-refractivity contribution in [3.05, 3.63) is 54.6 Å². The number of carbonyl (C=O) groups is 1. The third-order valence-electron chi connectivity index (χ3n) is 3.26. The summed E-state index contributed by atoms with van der Waals surface area (Å²) in [5.74, 6) is 0.559. The van der Waals surface area contributed by atoms with Crippen molar-refractivity contribution < 1.29 is 18.7 Å². The molecule has 3 rings (SSSR count). The average molecular weight is 309 g/mol. The summed E-state index contributed by atoms with van der Waals surface area (Å²) >= 11 is 0. The van der Waals surface area contributed by atoms with E-state index in [0.29, 0.717) is 34.1 Å². The Bertz CT molecular complexity index is 862. The van der Waals surface area contributed by atoms with Gasteiger partial charge >= 0.3 is 5.97 Å². The zero-order valence-corrected chi connectivity index (χ0v) is 12.8. The first-order chi connectivity index (χ1) is 11.1. The molecule has 5 nitrogen and oxygen atoms in total. The Morgan fingerprint density at radius 3 is 2.65 bits per heavy atom. The van der Waals surface area contributed by atoms with E-state index in [1.807, 2.05) is 24.3 Å². The van der Waals surface area contributed by atoms with Gasteiger partial charge in [0.1, 0.15) is 5.52 Å². The second-order valence-electron chi connectivity index (χ2n) is 4.99. The quantitative estimate of drug-likeness (QED) is 0.414. The summed E-state index contributed by atoms with van der Waals surface area (Å²) in [4.78, 5) is 16.2. The van der Waals surface area contributed by atoms with E-state index >= 15 is 0 Å². The fourth-order valence-corrected chi connectivity index (χ4v) is 2.15. The summed E-state index contributed by atoms with van der Waals surface area (Å²) in [5, 5.41) is 0. The standard InChI is InChI=1S/C18H15NO4/c1-11(2)18(20)23-15-10-6-7-12(16(15)21-3)17-19-13-8-4-5-9-14(13)22-17/h4-10H,1H2,2-3H3. The van der Waals surface area contributed by atoms with Crippen LogP contribution >= 0.6 is 0 Å². The first-order valence-electron chi connectivity index (χ1n) is 7.01. The van der Waals surface area contributed by atoms with Crippen LogP contribution in [0.5, 0.6) is 11.5 Å². The topological polar surface area (TPSA) is 61.6 Å². The van der Waals surface area contributed by atoms with Gasteiger partial charge in [0.05, 0.1) is 12.7 Å². The molecular weight excluding hydrogens is 294 g/mol. The summed E-state index contributed by atoms with van der Waals surface area (Å²) in [7, 11) is 1.50. The van der Waals surface area contributed by atoms with E-state index in [2.05, 4.69) is 11.6 Å². The smallest absolute Gasteiger partial charge is 0.338 e. The molecule has 0 amide bonds. The lowest BCUT2D eigenvalue weighted by molar-refractivity contribution is -0.130. The average Bonchev–Trinajstić information content (AvgIpc) is 2.98. The molecule has 0 radical (unpaired) electrons. The minimum absolute atomic E-state index is 0.292. The first kappa shape index (κ1) is 14.8. The van der Waals surface area contributed by atoms with Crippen molar-refractivity contribution in [3.63, 3.8) is 0 Å². The zero-order valence-electron chi connectivity index (χ0n) is 12.8. The van der Waals surface area contributed by atoms with Crippen LogP contribution in [0.4, 0.5) is 0 Å². The second-order valence-corrected chi connectivity index (χ2v) is 4.99. The van der Waals surface area contributed by atoms with Gasteiger partial charge in [0, 0.05) is 5.57 Å². The second kappa shape index (κ2) is 5.96. The van der Waals surface area contributed by atoms with Crippen molar-refractivity contribution in [2.75, 3.05) is 7.11 Å². The van der Waals surface area contributed by atoms with Crippen LogP contribution in [-0.2, 0) is 4.79 Å². The molecule has 3 aromatic rings. The van der Waals surface area contributed by atoms with Crippen molar-refractivity contribution in [2.24, 2.45) is 0 Å². The number of fused-ring (bicyclic) bond motifs is 1. The number of ether oxygens (including phenoxy) is 2. The third kappa shape index (κ3) is 2.81. The van der Waals surface area contributed by atoms with Gasteiger partial charge in [-0.25, -0.2) is 9.78 Å². The van der Waals surface area contributed by atoms with E-state index < -0.39 is 5.97 Å². The molecular formula is C18H15NO4. The van der Waals surface area contributed by atoms with E-state index in [9.17, 15) is 4.79 Å². The van der Waals surface area contributed by atoms with Crippen LogP contribution in [0.2, 0.25) is 0 Å². The number of nitrogens with zero attached hydrogens (tertiary/aromatic N) is 1. The number of benzene rings is 2. The van der Waals surface area contributed by atoms with Crippen LogP contribution in [0.25, 0.3) is 22.6 Å². The Balaban J connectivity index is 2.08. The van der Waals surface area contributed by atoms with E-state index in [-0.39, 0.29) is 0 Å². The lowest BCUT2D eigenvalue weighted by atomic mass is 10.2. The molecule has 0 aliphatic rings. The monoisotopic (exact) mass is 309 g/mol. The summed E-state index contributed by atoms with van der Waals surface area (Å²) in [6.45, 7) is 5.15. The number of esters is 1. The molecule has 0 N–H and O–H groups in total. The summed E-state index contributed by atoms with van der Waals surface area (Å²) < 4.78 is 16.5. The van der Waals surface area contributed by atoms with Gasteiger partial charge in [-0.15, -0.1) is 0 Å². The van der Waals surface area contributed by atoms with Crippen molar-refractivity contribution in [3.8, 4) is 23.0 Å². The molecule has 1 aromatic heterocycles. The predicted molar refractivity (Wildman–Crippen MR) is 86.4 cm³/mol. The highest BCUT2D eigenvalue weighted by molar-refractivity contribution is 5.89. The molecule has 0 saturated heterocycles. The summed E-state index contributed by atoms with van der Waals surface area (Å²) in [6, 6.07) is 12.6. The number of hydrogen-bond donors (Lipinski definition) is 0. The Hall–Kier alpha value is -3.08. The first-order valence-corrected chi connectivity index (χ1v) is 7.01. The maximum atomic E-state index is 11.8. The molecule has 2 aromatic carbocycles. The van der Waals surface area contributed by atoms with Crippen LogP contribution in [0.15, 0.2) is 59.0 Å². The van der Waals surface area contributed by atoms with Gasteiger partial charge < -0.3 is 13.9 Å². The minimum atomic E-state index is -0.516. The largest absolute Gasteiger partial charge is 0.492 e. The molecule has 116 valence electrons. The molecule has 0 aliphatic heterocycles. The number of oxazole rings is 1. The van der Waals surface area contributed by atoms with E-state index in [1.165, 1.54) is 7.11 Å². The molecule has 0 fully saturated rings. The molecule has 0 unspecified atom stereocenters. The maximum absolute atomic E-state index is 11.8. The molecule has 0 spiro atoms. The Morgan fingerprint density at radius 1 is 1.17 bits per heavy atom. The Kier molecular flexibility index (Phi) is 3.85. The fourth-order valence-electron chi connectivity index (χ4n) is 2.15. The number of rotatable bonds is 4. The van der Waals surface area contributed by atoms with E-state index in [0.717, 1.165) is 5.52 Å². The summed E-state index contributed by atoms with van der Waals surface area (Å²) in [6.07, 6.45) is 0. The van der Waals surface area contributed by atoms with Crippen molar-refractivity contribution in [2.45, 2.75) is 6.92 Å². The SMILES string of the molecule is C=C(C)C(=O)Oc1cccc(-c2nc3ccccc3o2)c1OC. The van der Waals surface area contributed by atoms with Gasteiger partial charge in [0.25, 0.3) is 0 Å². The number of hydrogen-bond acceptors (Lipinski definition) is 5. The van der Waals surface area contributed by atoms with Crippen LogP contribution < -0.4 is 9.47 Å². The Labute approximate surface area is 133 Å². The lowest BCUT2D eigenvalue weighted by Gasteiger charge is -2.11. The number of para-hydroxylation sites is 3. The highest BCUT2D eigenvalue weighted by Crippen LogP contribution is 2.38. The number of carbonyl (C=O) groups excluding carboxylic acids is 1. The third-order valence-corrected chi connectivity index (χ3v) is 3.26. The lowest BCUT2D eigenvalue weighted by Crippen LogP contribution is -2.09. The van der Waals surface area contributed by atoms with Crippen molar-refractivity contribution in [1.29, 1.82) is 0 Å². The highest BCUT2D eigenvalue weighted by Gasteiger charge is 2.19. The van der Waals surface area contributed by atoms with Crippen LogP contribution in [0, 0.1) is 0 Å². The molecule has 0 bridgehead atoms. The fraction of sp³-hybridized carbons (Fsp3) is 0.111. The van der Waals surface area contributed by atoms with Crippen molar-refractivity contribution in [1.82, 2.24) is 4.98 Å². The van der Waals surface area contributed by atoms with Crippen molar-refractivity contribution >= 4 is 17.1 Å². The molecule has 5 heteroatoms. The molecule has 0 aliphatic carbocycles. The predicted octanol–water partition coefficient (Wildman–Crippen LogP) is 3.98. The molecule has 23 heavy (non-hydrogen) atoms. The van der Waals surface area contributed by atoms with Gasteiger partial charge in [0.15, 0.2) is 17.1 Å². The number of aromatic nitrogens is 1. The normalized spacial score (nSPS) is 10.5. The number of methoxy groups -OCH3 is 1. The van der Waals surface area contributed by atoms with Crippen LogP contribution in [0.3, 0.4) is 0 Å². The maximum Gasteiger partial charge on any atom is 0.338 e. The van der Waals surface area contributed by atoms with Gasteiger partial charge in [-0.3, -0.25) is 0 Å². The zero-order chi connectivity index (χ0) is 16.4. The highest BCUT2D eigenvalue weighted by atomic mass is 16.6. The van der Waals surface area contributed by atoms with E-state index in [1.54, 1.807) is 25.1 Å². The summed E-state index contributed by atoms with van der Waals surface area (Å²) in [5.41, 5.74) is 2.33.